The lowest BCUT2D eigenvalue weighted by molar-refractivity contribution is -0.144. The van der Waals surface area contributed by atoms with E-state index in [0.29, 0.717) is 5.56 Å². The van der Waals surface area contributed by atoms with Crippen LogP contribution in [0.3, 0.4) is 0 Å². The Hall–Kier alpha value is -1.89. The van der Waals surface area contributed by atoms with E-state index in [1.165, 1.54) is 21.0 Å². The van der Waals surface area contributed by atoms with Gasteiger partial charge >= 0.3 is 5.97 Å². The average Bonchev–Trinajstić information content (AvgIpc) is 2.52. The fourth-order valence-corrected chi connectivity index (χ4v) is 3.15. The van der Waals surface area contributed by atoms with Gasteiger partial charge in [0.15, 0.2) is 0 Å². The molecule has 1 N–H and O–H groups in total. The van der Waals surface area contributed by atoms with E-state index in [-0.39, 0.29) is 0 Å². The SMILES string of the molecule is COC(=O)[C@H](C)[C@H](C)S(=O)(=O)NC(=O)[C@H](C)c1ccccc1. The summed E-state index contributed by atoms with van der Waals surface area (Å²) in [6, 6.07) is 8.85. The molecule has 122 valence electrons. The van der Waals surface area contributed by atoms with Gasteiger partial charge in [-0.15, -0.1) is 0 Å². The van der Waals surface area contributed by atoms with E-state index in [2.05, 4.69) is 4.74 Å². The first-order valence-electron chi connectivity index (χ1n) is 6.89. The van der Waals surface area contributed by atoms with E-state index in [1.807, 2.05) is 10.8 Å². The molecular formula is C15H21NO5S. The molecule has 0 bridgehead atoms. The van der Waals surface area contributed by atoms with Crippen molar-refractivity contribution in [1.82, 2.24) is 4.72 Å². The highest BCUT2D eigenvalue weighted by atomic mass is 32.2. The maximum absolute atomic E-state index is 12.2. The molecule has 0 aromatic heterocycles. The number of carbonyl (C=O) groups is 2. The van der Waals surface area contributed by atoms with Gasteiger partial charge in [-0.1, -0.05) is 37.3 Å². The zero-order valence-electron chi connectivity index (χ0n) is 13.1. The maximum Gasteiger partial charge on any atom is 0.309 e. The number of amides is 1. The highest BCUT2D eigenvalue weighted by molar-refractivity contribution is 7.90. The minimum Gasteiger partial charge on any atom is -0.469 e. The van der Waals surface area contributed by atoms with E-state index >= 15 is 0 Å². The second kappa shape index (κ2) is 7.40. The van der Waals surface area contributed by atoms with Gasteiger partial charge in [0.25, 0.3) is 0 Å². The molecule has 0 aliphatic carbocycles. The summed E-state index contributed by atoms with van der Waals surface area (Å²) in [4.78, 5) is 23.6. The van der Waals surface area contributed by atoms with Crippen LogP contribution in [0.15, 0.2) is 30.3 Å². The van der Waals surface area contributed by atoms with Crippen LogP contribution in [-0.4, -0.2) is 32.7 Å². The first kappa shape index (κ1) is 18.2. The van der Waals surface area contributed by atoms with Gasteiger partial charge in [0.1, 0.15) is 0 Å². The first-order chi connectivity index (χ1) is 10.2. The second-order valence-electron chi connectivity index (χ2n) is 5.16. The minimum absolute atomic E-state index is 0.614. The molecule has 1 aromatic carbocycles. The molecule has 7 heteroatoms. The fourth-order valence-electron chi connectivity index (χ4n) is 1.86. The predicted octanol–water partition coefficient (Wildman–Crippen LogP) is 1.43. The monoisotopic (exact) mass is 327 g/mol. The van der Waals surface area contributed by atoms with Gasteiger partial charge in [-0.25, -0.2) is 8.42 Å². The third-order valence-electron chi connectivity index (χ3n) is 3.70. The zero-order chi connectivity index (χ0) is 16.9. The third kappa shape index (κ3) is 4.30. The van der Waals surface area contributed by atoms with Crippen molar-refractivity contribution in [2.24, 2.45) is 5.92 Å². The second-order valence-corrected chi connectivity index (χ2v) is 7.20. The van der Waals surface area contributed by atoms with Crippen LogP contribution in [0.1, 0.15) is 32.3 Å². The summed E-state index contributed by atoms with van der Waals surface area (Å²) < 4.78 is 31.0. The van der Waals surface area contributed by atoms with E-state index in [0.717, 1.165) is 0 Å². The Balaban J connectivity index is 2.84. The number of ether oxygens (including phenoxy) is 1. The molecule has 22 heavy (non-hydrogen) atoms. The normalized spacial score (nSPS) is 15.5. The van der Waals surface area contributed by atoms with Gasteiger partial charge in [0.05, 0.1) is 24.2 Å². The van der Waals surface area contributed by atoms with Gasteiger partial charge in [0, 0.05) is 0 Å². The number of esters is 1. The number of sulfonamides is 1. The minimum atomic E-state index is -3.97. The lowest BCUT2D eigenvalue weighted by Crippen LogP contribution is -2.43. The van der Waals surface area contributed by atoms with Gasteiger partial charge < -0.3 is 4.74 Å². The van der Waals surface area contributed by atoms with Crippen molar-refractivity contribution >= 4 is 21.9 Å². The van der Waals surface area contributed by atoms with Crippen molar-refractivity contribution in [3.63, 3.8) is 0 Å². The molecule has 3 atom stereocenters. The molecule has 0 heterocycles. The Morgan fingerprint density at radius 1 is 1.09 bits per heavy atom. The van der Waals surface area contributed by atoms with Crippen LogP contribution in [0, 0.1) is 5.92 Å². The van der Waals surface area contributed by atoms with Crippen molar-refractivity contribution in [1.29, 1.82) is 0 Å². The van der Waals surface area contributed by atoms with Crippen LogP contribution in [0.2, 0.25) is 0 Å². The quantitative estimate of drug-likeness (QED) is 0.798. The molecule has 1 amide bonds. The number of carbonyl (C=O) groups excluding carboxylic acids is 2. The van der Waals surface area contributed by atoms with Crippen molar-refractivity contribution in [2.75, 3.05) is 7.11 Å². The van der Waals surface area contributed by atoms with Crippen molar-refractivity contribution in [3.05, 3.63) is 35.9 Å². The van der Waals surface area contributed by atoms with Crippen molar-refractivity contribution in [3.8, 4) is 0 Å². The van der Waals surface area contributed by atoms with Gasteiger partial charge in [-0.05, 0) is 19.4 Å². The largest absolute Gasteiger partial charge is 0.469 e. The van der Waals surface area contributed by atoms with Crippen LogP contribution in [-0.2, 0) is 24.3 Å². The van der Waals surface area contributed by atoms with Crippen LogP contribution in [0.4, 0.5) is 0 Å². The Bertz CT molecular complexity index is 627. The molecule has 0 spiro atoms. The lowest BCUT2D eigenvalue weighted by atomic mass is 10.0. The van der Waals surface area contributed by atoms with Crippen LogP contribution in [0.25, 0.3) is 0 Å². The molecule has 0 unspecified atom stereocenters. The van der Waals surface area contributed by atoms with Crippen molar-refractivity contribution < 1.29 is 22.7 Å². The number of nitrogens with one attached hydrogen (secondary N) is 1. The Morgan fingerprint density at radius 2 is 1.64 bits per heavy atom. The molecule has 0 radical (unpaired) electrons. The molecule has 0 aliphatic heterocycles. The van der Waals surface area contributed by atoms with Gasteiger partial charge in [-0.2, -0.15) is 0 Å². The molecule has 0 aliphatic rings. The summed E-state index contributed by atoms with van der Waals surface area (Å²) in [6.07, 6.45) is 0. The topological polar surface area (TPSA) is 89.5 Å². The standard InChI is InChI=1S/C15H21NO5S/c1-10(15(18)21-4)12(3)22(19,20)16-14(17)11(2)13-8-6-5-7-9-13/h5-12H,1-4H3,(H,16,17)/t10-,11-,12+/m1/s1. The summed E-state index contributed by atoms with van der Waals surface area (Å²) in [6.45, 7) is 4.43. The fraction of sp³-hybridized carbons (Fsp3) is 0.467. The average molecular weight is 327 g/mol. The Labute approximate surface area is 130 Å². The Kier molecular flexibility index (Phi) is 6.11. The summed E-state index contributed by atoms with van der Waals surface area (Å²) in [5, 5.41) is -1.08. The van der Waals surface area contributed by atoms with E-state index in [1.54, 1.807) is 31.2 Å². The number of methoxy groups -OCH3 is 1. The molecule has 0 saturated heterocycles. The van der Waals surface area contributed by atoms with Crippen molar-refractivity contribution in [2.45, 2.75) is 31.9 Å². The molecule has 6 nitrogen and oxygen atoms in total. The number of hydrogen-bond donors (Lipinski definition) is 1. The molecule has 0 fully saturated rings. The van der Waals surface area contributed by atoms with Crippen LogP contribution >= 0.6 is 0 Å². The molecular weight excluding hydrogens is 306 g/mol. The smallest absolute Gasteiger partial charge is 0.309 e. The van der Waals surface area contributed by atoms with E-state index < -0.39 is 39.0 Å². The lowest BCUT2D eigenvalue weighted by Gasteiger charge is -2.20. The Morgan fingerprint density at radius 3 is 2.14 bits per heavy atom. The molecule has 1 rings (SSSR count). The van der Waals surface area contributed by atoms with E-state index in [4.69, 9.17) is 0 Å². The zero-order valence-corrected chi connectivity index (χ0v) is 13.9. The first-order valence-corrected chi connectivity index (χ1v) is 8.43. The summed E-state index contributed by atoms with van der Waals surface area (Å²) >= 11 is 0. The maximum atomic E-state index is 12.2. The number of benzene rings is 1. The van der Waals surface area contributed by atoms with Crippen LogP contribution < -0.4 is 4.72 Å². The van der Waals surface area contributed by atoms with E-state index in [9.17, 15) is 18.0 Å². The summed E-state index contributed by atoms with van der Waals surface area (Å²) in [5.41, 5.74) is 0.712. The number of rotatable bonds is 6. The molecule has 0 saturated carbocycles. The highest BCUT2D eigenvalue weighted by Crippen LogP contribution is 2.17. The van der Waals surface area contributed by atoms with Gasteiger partial charge in [-0.3, -0.25) is 14.3 Å². The summed E-state index contributed by atoms with van der Waals surface area (Å²) in [7, 11) is -2.78. The van der Waals surface area contributed by atoms with Gasteiger partial charge in [0.2, 0.25) is 15.9 Å². The predicted molar refractivity (Wildman–Crippen MR) is 82.6 cm³/mol. The highest BCUT2D eigenvalue weighted by Gasteiger charge is 2.33. The third-order valence-corrected chi connectivity index (χ3v) is 5.58. The molecule has 1 aromatic rings. The number of hydrogen-bond acceptors (Lipinski definition) is 5. The summed E-state index contributed by atoms with van der Waals surface area (Å²) in [5.74, 6) is -2.75. The van der Waals surface area contributed by atoms with Crippen LogP contribution in [0.5, 0.6) is 0 Å².